The van der Waals surface area contributed by atoms with Crippen LogP contribution in [0.15, 0.2) is 41.5 Å². The molecule has 1 fully saturated rings. The van der Waals surface area contributed by atoms with Crippen molar-refractivity contribution in [3.05, 3.63) is 69.7 Å². The Balaban J connectivity index is 1.48. The summed E-state index contributed by atoms with van der Waals surface area (Å²) < 4.78 is 18.1. The molecule has 0 bridgehead atoms. The van der Waals surface area contributed by atoms with Gasteiger partial charge in [-0.1, -0.05) is 6.07 Å². The number of rotatable bonds is 5. The molecule has 2 aliphatic rings. The van der Waals surface area contributed by atoms with Crippen LogP contribution in [0.25, 0.3) is 16.7 Å². The van der Waals surface area contributed by atoms with Gasteiger partial charge in [0.05, 0.1) is 11.9 Å². The first-order valence-electron chi connectivity index (χ1n) is 12.3. The Bertz CT molecular complexity index is 1540. The number of nitrogens with zero attached hydrogens (tertiary/aromatic N) is 5. The van der Waals surface area contributed by atoms with Gasteiger partial charge in [-0.2, -0.15) is 4.98 Å². The average Bonchev–Trinajstić information content (AvgIpc) is 3.14. The Hall–Kier alpha value is -3.63. The van der Waals surface area contributed by atoms with Crippen LogP contribution in [0, 0.1) is 5.82 Å². The fourth-order valence-electron chi connectivity index (χ4n) is 5.06. The molecule has 0 amide bonds. The highest BCUT2D eigenvalue weighted by molar-refractivity contribution is 5.77. The van der Waals surface area contributed by atoms with E-state index in [1.807, 2.05) is 19.9 Å². The van der Waals surface area contributed by atoms with Crippen LogP contribution in [0.4, 0.5) is 16.0 Å². The molecule has 10 heteroatoms. The van der Waals surface area contributed by atoms with Crippen molar-refractivity contribution in [3.63, 3.8) is 0 Å². The van der Waals surface area contributed by atoms with Gasteiger partial charge in [0.1, 0.15) is 16.7 Å². The number of hydrogen-bond donors (Lipinski definition) is 3. The second-order valence-corrected chi connectivity index (χ2v) is 9.93. The lowest BCUT2D eigenvalue weighted by Gasteiger charge is -2.36. The molecule has 0 saturated heterocycles. The Kier molecular flexibility index (Phi) is 5.38. The van der Waals surface area contributed by atoms with E-state index in [0.717, 1.165) is 37.8 Å². The fraction of sp³-hybridized carbons (Fsp3) is 0.385. The molecule has 1 aliphatic heterocycles. The zero-order valence-corrected chi connectivity index (χ0v) is 20.3. The summed E-state index contributed by atoms with van der Waals surface area (Å²) in [6.07, 6.45) is 5.59. The molecule has 3 N–H and O–H groups in total. The van der Waals surface area contributed by atoms with Gasteiger partial charge in [0.15, 0.2) is 11.5 Å². The Morgan fingerprint density at radius 2 is 2.00 bits per heavy atom. The van der Waals surface area contributed by atoms with E-state index in [1.165, 1.54) is 32.8 Å². The maximum absolute atomic E-state index is 15.2. The third kappa shape index (κ3) is 3.68. The first-order chi connectivity index (χ1) is 17.3. The first-order valence-corrected chi connectivity index (χ1v) is 12.3. The summed E-state index contributed by atoms with van der Waals surface area (Å²) in [5, 5.41) is 17.7. The predicted molar refractivity (Wildman–Crippen MR) is 134 cm³/mol. The van der Waals surface area contributed by atoms with Crippen LogP contribution in [0.3, 0.4) is 0 Å². The lowest BCUT2D eigenvalue weighted by Crippen LogP contribution is -2.35. The number of nitrogens with one attached hydrogen (secondary N) is 2. The van der Waals surface area contributed by atoms with Crippen molar-refractivity contribution in [2.45, 2.75) is 57.7 Å². The molecule has 4 aromatic rings. The summed E-state index contributed by atoms with van der Waals surface area (Å²) in [4.78, 5) is 26.5. The number of aromatic nitrogens is 5. The van der Waals surface area contributed by atoms with Crippen LogP contribution in [-0.2, 0) is 18.6 Å². The van der Waals surface area contributed by atoms with Gasteiger partial charge in [0.2, 0.25) is 5.95 Å². The number of pyridine rings is 1. The van der Waals surface area contributed by atoms with Gasteiger partial charge < -0.3 is 15.7 Å². The van der Waals surface area contributed by atoms with Crippen molar-refractivity contribution < 1.29 is 9.50 Å². The predicted octanol–water partition coefficient (Wildman–Crippen LogP) is 3.46. The van der Waals surface area contributed by atoms with Crippen LogP contribution in [0.1, 0.15) is 56.0 Å². The van der Waals surface area contributed by atoms with Gasteiger partial charge in [-0.3, -0.25) is 9.78 Å². The van der Waals surface area contributed by atoms with Crippen molar-refractivity contribution in [1.82, 2.24) is 29.6 Å². The first kappa shape index (κ1) is 22.8. The molecule has 186 valence electrons. The van der Waals surface area contributed by atoms with Gasteiger partial charge >= 0.3 is 0 Å². The normalized spacial score (nSPS) is 16.7. The largest absolute Gasteiger partial charge is 0.384 e. The highest BCUT2D eigenvalue weighted by atomic mass is 19.1. The molecule has 1 aromatic carbocycles. The molecule has 36 heavy (non-hydrogen) atoms. The average molecular weight is 490 g/mol. The molecule has 0 radical (unpaired) electrons. The van der Waals surface area contributed by atoms with E-state index in [9.17, 15) is 9.90 Å². The maximum Gasteiger partial charge on any atom is 0.278 e. The van der Waals surface area contributed by atoms with E-state index >= 15 is 4.39 Å². The smallest absolute Gasteiger partial charge is 0.278 e. The van der Waals surface area contributed by atoms with E-state index in [4.69, 9.17) is 0 Å². The second kappa shape index (κ2) is 8.49. The standard InChI is InChI=1S/C26H28FN7O2/c1-15(2)33-24(35)19-13-30-25(31-18-5-4-16-6-9-28-12-17(16)10-18)32-23(19)34(33)21-11-22(29-14-20(21)27)26(36)7-3-8-26/h4-5,10-11,13-15,28,36H,3,6-9,12H2,1-2H3,(H,30,31,32). The molecule has 4 heterocycles. The monoisotopic (exact) mass is 489 g/mol. The van der Waals surface area contributed by atoms with E-state index in [1.54, 1.807) is 0 Å². The number of benzene rings is 1. The third-order valence-electron chi connectivity index (χ3n) is 7.18. The summed E-state index contributed by atoms with van der Waals surface area (Å²) in [7, 11) is 0. The summed E-state index contributed by atoms with van der Waals surface area (Å²) in [5.74, 6) is -0.309. The quantitative estimate of drug-likeness (QED) is 0.394. The number of aliphatic hydroxyl groups is 1. The maximum atomic E-state index is 15.2. The fourth-order valence-corrected chi connectivity index (χ4v) is 5.06. The highest BCUT2D eigenvalue weighted by Crippen LogP contribution is 2.40. The molecule has 0 unspecified atom stereocenters. The van der Waals surface area contributed by atoms with E-state index < -0.39 is 11.4 Å². The van der Waals surface area contributed by atoms with Crippen LogP contribution in [-0.4, -0.2) is 36.0 Å². The third-order valence-corrected chi connectivity index (χ3v) is 7.18. The Labute approximate surface area is 207 Å². The molecule has 3 aromatic heterocycles. The molecule has 9 nitrogen and oxygen atoms in total. The van der Waals surface area contributed by atoms with Crippen LogP contribution in [0.5, 0.6) is 0 Å². The number of fused-ring (bicyclic) bond motifs is 2. The zero-order chi connectivity index (χ0) is 25.0. The topological polar surface area (TPSA) is 110 Å². The molecular formula is C26H28FN7O2. The molecule has 1 saturated carbocycles. The van der Waals surface area contributed by atoms with Crippen molar-refractivity contribution >= 4 is 22.7 Å². The summed E-state index contributed by atoms with van der Waals surface area (Å²) in [5.41, 5.74) is 2.77. The van der Waals surface area contributed by atoms with Gasteiger partial charge in [-0.05, 0) is 75.4 Å². The second-order valence-electron chi connectivity index (χ2n) is 9.93. The number of hydrogen-bond acceptors (Lipinski definition) is 7. The molecule has 1 aliphatic carbocycles. The van der Waals surface area contributed by atoms with Crippen molar-refractivity contribution in [2.24, 2.45) is 0 Å². The molecule has 0 spiro atoms. The minimum atomic E-state index is -1.07. The van der Waals surface area contributed by atoms with Crippen LogP contribution < -0.4 is 16.2 Å². The van der Waals surface area contributed by atoms with Gasteiger partial charge in [-0.15, -0.1) is 0 Å². The lowest BCUT2D eigenvalue weighted by atomic mass is 9.77. The van der Waals surface area contributed by atoms with Gasteiger partial charge in [-0.25, -0.2) is 18.7 Å². The summed E-state index contributed by atoms with van der Waals surface area (Å²) in [6.45, 7) is 5.47. The zero-order valence-electron chi connectivity index (χ0n) is 20.3. The lowest BCUT2D eigenvalue weighted by molar-refractivity contribution is -0.0427. The van der Waals surface area contributed by atoms with Crippen LogP contribution in [0.2, 0.25) is 0 Å². The van der Waals surface area contributed by atoms with Crippen LogP contribution >= 0.6 is 0 Å². The molecule has 0 atom stereocenters. The molecule has 6 rings (SSSR count). The summed E-state index contributed by atoms with van der Waals surface area (Å²) in [6, 6.07) is 7.39. The minimum Gasteiger partial charge on any atom is -0.384 e. The minimum absolute atomic E-state index is 0.116. The van der Waals surface area contributed by atoms with Crippen molar-refractivity contribution in [1.29, 1.82) is 0 Å². The van der Waals surface area contributed by atoms with E-state index in [2.05, 4.69) is 37.7 Å². The Morgan fingerprint density at radius 3 is 2.75 bits per heavy atom. The molecular weight excluding hydrogens is 461 g/mol. The van der Waals surface area contributed by atoms with E-state index in [-0.39, 0.29) is 28.3 Å². The van der Waals surface area contributed by atoms with Gasteiger partial charge in [0.25, 0.3) is 5.56 Å². The number of anilines is 2. The van der Waals surface area contributed by atoms with Gasteiger partial charge in [0, 0.05) is 24.5 Å². The summed E-state index contributed by atoms with van der Waals surface area (Å²) >= 11 is 0. The van der Waals surface area contributed by atoms with E-state index in [0.29, 0.717) is 24.5 Å². The highest BCUT2D eigenvalue weighted by Gasteiger charge is 2.38. The van der Waals surface area contributed by atoms with Crippen molar-refractivity contribution in [3.8, 4) is 5.69 Å². The van der Waals surface area contributed by atoms with Crippen molar-refractivity contribution in [2.75, 3.05) is 11.9 Å². The number of halogens is 1. The SMILES string of the molecule is CC(C)n1c(=O)c2cnc(Nc3ccc4c(c3)CNCC4)nc2n1-c1cc(C2(O)CCC2)ncc1F. The Morgan fingerprint density at radius 1 is 1.17 bits per heavy atom.